The van der Waals surface area contributed by atoms with Gasteiger partial charge in [-0.15, -0.1) is 0 Å². The van der Waals surface area contributed by atoms with Gasteiger partial charge in [0.15, 0.2) is 0 Å². The summed E-state index contributed by atoms with van der Waals surface area (Å²) in [6.07, 6.45) is 0. The molecule has 1 rings (SSSR count). The average molecular weight is 288 g/mol. The molecule has 0 radical (unpaired) electrons. The third kappa shape index (κ3) is 7.15. The summed E-state index contributed by atoms with van der Waals surface area (Å²) in [6, 6.07) is 4.99. The van der Waals surface area contributed by atoms with Crippen LogP contribution in [0.3, 0.4) is 0 Å². The lowest BCUT2D eigenvalue weighted by Gasteiger charge is -2.19. The first kappa shape index (κ1) is 17.9. The number of carbonyl (C=O) groups is 1. The van der Waals surface area contributed by atoms with Crippen molar-refractivity contribution in [1.82, 2.24) is 0 Å². The van der Waals surface area contributed by atoms with Gasteiger partial charge < -0.3 is 15.6 Å². The van der Waals surface area contributed by atoms with Crippen LogP contribution in [-0.2, 0) is 11.3 Å². The minimum atomic E-state index is -0.504. The molecule has 1 aromatic rings. The number of halogens is 1. The van der Waals surface area contributed by atoms with Gasteiger partial charge in [-0.2, -0.15) is 0 Å². The van der Waals surface area contributed by atoms with Gasteiger partial charge >= 0.3 is 5.97 Å². The Bertz CT molecular complexity index is 414. The maximum atomic E-state index is 11.7. The summed E-state index contributed by atoms with van der Waals surface area (Å²) < 4.78 is 5.22. The van der Waals surface area contributed by atoms with Gasteiger partial charge in [-0.1, -0.05) is 17.7 Å². The van der Waals surface area contributed by atoms with Gasteiger partial charge in [-0.3, -0.25) is 0 Å². The molecule has 19 heavy (non-hydrogen) atoms. The van der Waals surface area contributed by atoms with E-state index in [-0.39, 0.29) is 12.6 Å². The monoisotopic (exact) mass is 287 g/mol. The Balaban J connectivity index is 0.000000982. The molecule has 0 aliphatic heterocycles. The first-order valence-corrected chi connectivity index (χ1v) is 6.45. The highest BCUT2D eigenvalue weighted by Gasteiger charge is 2.18. The summed E-state index contributed by atoms with van der Waals surface area (Å²) in [7, 11) is 0. The van der Waals surface area contributed by atoms with Crippen LogP contribution >= 0.6 is 11.6 Å². The van der Waals surface area contributed by atoms with Crippen molar-refractivity contribution in [1.29, 1.82) is 0 Å². The zero-order valence-electron chi connectivity index (χ0n) is 11.9. The van der Waals surface area contributed by atoms with E-state index in [0.29, 0.717) is 17.1 Å². The van der Waals surface area contributed by atoms with Crippen LogP contribution in [0.1, 0.15) is 43.6 Å². The van der Waals surface area contributed by atoms with Crippen molar-refractivity contribution >= 4 is 17.6 Å². The molecule has 0 unspecified atom stereocenters. The molecular weight excluding hydrogens is 266 g/mol. The predicted molar refractivity (Wildman–Crippen MR) is 77.3 cm³/mol. The highest BCUT2D eigenvalue weighted by molar-refractivity contribution is 6.31. The summed E-state index contributed by atoms with van der Waals surface area (Å²) in [5.41, 5.74) is 6.23. The zero-order valence-corrected chi connectivity index (χ0v) is 12.6. The van der Waals surface area contributed by atoms with Crippen LogP contribution in [0.15, 0.2) is 18.2 Å². The van der Waals surface area contributed by atoms with Crippen molar-refractivity contribution < 1.29 is 14.6 Å². The highest BCUT2D eigenvalue weighted by atomic mass is 35.5. The quantitative estimate of drug-likeness (QED) is 0.821. The molecule has 0 aromatic heterocycles. The van der Waals surface area contributed by atoms with Gasteiger partial charge in [-0.25, -0.2) is 4.79 Å². The molecule has 0 spiro atoms. The van der Waals surface area contributed by atoms with Crippen LogP contribution in [0.2, 0.25) is 5.02 Å². The van der Waals surface area contributed by atoms with E-state index in [2.05, 4.69) is 0 Å². The van der Waals surface area contributed by atoms with Gasteiger partial charge in [-0.05, 0) is 45.4 Å². The molecule has 0 saturated carbocycles. The number of carbonyl (C=O) groups excluding carboxylic acids is 1. The topological polar surface area (TPSA) is 72.5 Å². The fourth-order valence-electron chi connectivity index (χ4n) is 1.18. The molecule has 0 atom stereocenters. The van der Waals surface area contributed by atoms with E-state index in [1.807, 2.05) is 20.8 Å². The Labute approximate surface area is 119 Å². The maximum absolute atomic E-state index is 11.7. The molecule has 0 aliphatic rings. The number of benzene rings is 1. The Morgan fingerprint density at radius 3 is 2.32 bits per heavy atom. The van der Waals surface area contributed by atoms with Crippen LogP contribution < -0.4 is 5.73 Å². The lowest BCUT2D eigenvalue weighted by Crippen LogP contribution is -2.23. The van der Waals surface area contributed by atoms with Crippen molar-refractivity contribution in [2.24, 2.45) is 5.73 Å². The average Bonchev–Trinajstić information content (AvgIpc) is 2.27. The van der Waals surface area contributed by atoms with Gasteiger partial charge in [0.05, 0.1) is 5.56 Å². The predicted octanol–water partition coefficient (Wildman–Crippen LogP) is 2.75. The number of nitrogens with two attached hydrogens (primary N) is 1. The van der Waals surface area contributed by atoms with Crippen molar-refractivity contribution in [2.75, 3.05) is 6.61 Å². The minimum absolute atomic E-state index is 0.250. The maximum Gasteiger partial charge on any atom is 0.338 e. The van der Waals surface area contributed by atoms with Crippen LogP contribution in [-0.4, -0.2) is 23.3 Å². The van der Waals surface area contributed by atoms with Gasteiger partial charge in [0.2, 0.25) is 0 Å². The Kier molecular flexibility index (Phi) is 7.68. The molecule has 0 heterocycles. The second-order valence-corrected chi connectivity index (χ2v) is 5.24. The fourth-order valence-corrected chi connectivity index (χ4v) is 1.43. The molecule has 3 N–H and O–H groups in total. The molecule has 0 bridgehead atoms. The number of aliphatic hydroxyl groups excluding tert-OH is 1. The number of rotatable bonds is 2. The lowest BCUT2D eigenvalue weighted by molar-refractivity contribution is 0.00695. The smallest absolute Gasteiger partial charge is 0.338 e. The minimum Gasteiger partial charge on any atom is -0.456 e. The van der Waals surface area contributed by atoms with E-state index in [0.717, 1.165) is 5.56 Å². The van der Waals surface area contributed by atoms with E-state index in [9.17, 15) is 4.79 Å². The number of hydrogen-bond donors (Lipinski definition) is 2. The summed E-state index contributed by atoms with van der Waals surface area (Å²) in [6.45, 7) is 7.75. The first-order chi connectivity index (χ1) is 8.75. The lowest BCUT2D eigenvalue weighted by atomic mass is 10.1. The van der Waals surface area contributed by atoms with E-state index < -0.39 is 5.60 Å². The van der Waals surface area contributed by atoms with Crippen molar-refractivity contribution in [3.05, 3.63) is 34.3 Å². The summed E-state index contributed by atoms with van der Waals surface area (Å²) in [4.78, 5) is 11.7. The number of ether oxygens (including phenoxy) is 1. The highest BCUT2D eigenvalue weighted by Crippen LogP contribution is 2.19. The van der Waals surface area contributed by atoms with Gasteiger partial charge in [0, 0.05) is 18.2 Å². The van der Waals surface area contributed by atoms with E-state index in [1.165, 1.54) is 0 Å². The molecule has 108 valence electrons. The standard InChI is InChI=1S/C12H16ClNO2.C2H6O/c1-12(2,3)16-11(15)8-4-5-9(7-14)10(13)6-8;1-2-3/h4-6H,7,14H2,1-3H3;3H,2H2,1H3. The van der Waals surface area contributed by atoms with Gasteiger partial charge in [0.25, 0.3) is 0 Å². The third-order valence-corrected chi connectivity index (χ3v) is 2.26. The third-order valence-electron chi connectivity index (χ3n) is 1.91. The zero-order chi connectivity index (χ0) is 15.1. The summed E-state index contributed by atoms with van der Waals surface area (Å²) >= 11 is 5.96. The van der Waals surface area contributed by atoms with E-state index in [4.69, 9.17) is 27.2 Å². The molecule has 0 aliphatic carbocycles. The van der Waals surface area contributed by atoms with Gasteiger partial charge in [0.1, 0.15) is 5.60 Å². The van der Waals surface area contributed by atoms with E-state index in [1.54, 1.807) is 25.1 Å². The molecule has 4 nitrogen and oxygen atoms in total. The molecule has 5 heteroatoms. The molecule has 0 amide bonds. The van der Waals surface area contributed by atoms with E-state index >= 15 is 0 Å². The Morgan fingerprint density at radius 1 is 1.42 bits per heavy atom. The molecular formula is C14H22ClNO3. The molecule has 1 aromatic carbocycles. The van der Waals surface area contributed by atoms with Crippen molar-refractivity contribution in [3.8, 4) is 0 Å². The second-order valence-electron chi connectivity index (χ2n) is 4.83. The molecule has 0 fully saturated rings. The number of esters is 1. The number of aliphatic hydroxyl groups is 1. The summed E-state index contributed by atoms with van der Waals surface area (Å²) in [5.74, 6) is -0.377. The SMILES string of the molecule is CC(C)(C)OC(=O)c1ccc(CN)c(Cl)c1.CCO. The Hall–Kier alpha value is -1.10. The van der Waals surface area contributed by atoms with Crippen LogP contribution in [0.4, 0.5) is 0 Å². The fraction of sp³-hybridized carbons (Fsp3) is 0.500. The van der Waals surface area contributed by atoms with Crippen LogP contribution in [0.5, 0.6) is 0 Å². The summed E-state index contributed by atoms with van der Waals surface area (Å²) in [5, 5.41) is 8.06. The van der Waals surface area contributed by atoms with Crippen LogP contribution in [0.25, 0.3) is 0 Å². The van der Waals surface area contributed by atoms with Crippen molar-refractivity contribution in [3.63, 3.8) is 0 Å². The normalized spacial score (nSPS) is 10.5. The van der Waals surface area contributed by atoms with Crippen LogP contribution in [0, 0.1) is 0 Å². The number of hydrogen-bond acceptors (Lipinski definition) is 4. The molecule has 0 saturated heterocycles. The largest absolute Gasteiger partial charge is 0.456 e. The Morgan fingerprint density at radius 2 is 1.95 bits per heavy atom. The first-order valence-electron chi connectivity index (χ1n) is 6.07. The second kappa shape index (κ2) is 8.15. The van der Waals surface area contributed by atoms with Crippen molar-refractivity contribution in [2.45, 2.75) is 39.8 Å².